The minimum absolute atomic E-state index is 0.0644. The minimum atomic E-state index is -3.44. The van der Waals surface area contributed by atoms with Crippen LogP contribution in [0.1, 0.15) is 16.4 Å². The molecule has 3 nitrogen and oxygen atoms in total. The summed E-state index contributed by atoms with van der Waals surface area (Å²) in [6.45, 7) is -0.407. The topological polar surface area (TPSA) is 54.4 Å². The second-order valence-corrected chi connectivity index (χ2v) is 7.94. The first kappa shape index (κ1) is 15.5. The number of rotatable bonds is 5. The molecule has 1 unspecified atom stereocenters. The van der Waals surface area contributed by atoms with E-state index in [1.54, 1.807) is 24.3 Å². The van der Waals surface area contributed by atoms with Crippen molar-refractivity contribution >= 4 is 32.4 Å². The third-order valence-corrected chi connectivity index (χ3v) is 5.79. The summed E-state index contributed by atoms with van der Waals surface area (Å²) in [5.74, 6) is -0.0644. The first-order valence-corrected chi connectivity index (χ1v) is 8.94. The van der Waals surface area contributed by atoms with Crippen molar-refractivity contribution in [3.8, 4) is 0 Å². The van der Waals surface area contributed by atoms with Crippen LogP contribution in [0, 0.1) is 3.57 Å². The van der Waals surface area contributed by atoms with Crippen molar-refractivity contribution < 1.29 is 13.5 Å². The molecule has 0 fully saturated rings. The lowest BCUT2D eigenvalue weighted by Crippen LogP contribution is -2.19. The molecule has 0 saturated carbocycles. The van der Waals surface area contributed by atoms with E-state index in [2.05, 4.69) is 22.6 Å². The Bertz CT molecular complexity index is 651. The zero-order valence-corrected chi connectivity index (χ0v) is 13.7. The van der Waals surface area contributed by atoms with Gasteiger partial charge in [-0.25, -0.2) is 8.42 Å². The zero-order valence-electron chi connectivity index (χ0n) is 10.7. The van der Waals surface area contributed by atoms with E-state index in [4.69, 9.17) is 0 Å². The van der Waals surface area contributed by atoms with Gasteiger partial charge in [-0.15, -0.1) is 0 Å². The average molecular weight is 402 g/mol. The molecule has 106 valence electrons. The van der Waals surface area contributed by atoms with Crippen molar-refractivity contribution in [1.82, 2.24) is 0 Å². The number of sulfone groups is 1. The first-order valence-electron chi connectivity index (χ1n) is 6.15. The van der Waals surface area contributed by atoms with Crippen LogP contribution in [0.5, 0.6) is 0 Å². The molecule has 2 rings (SSSR count). The lowest BCUT2D eigenvalue weighted by atomic mass is 10.2. The molecular formula is C15H15IO3S. The number of aliphatic hydroxyl groups excluding tert-OH is 1. The number of benzene rings is 2. The second-order valence-electron chi connectivity index (χ2n) is 4.52. The molecule has 5 heteroatoms. The fraction of sp³-hybridized carbons (Fsp3) is 0.200. The Morgan fingerprint density at radius 3 is 2.15 bits per heavy atom. The quantitative estimate of drug-likeness (QED) is 0.783. The van der Waals surface area contributed by atoms with Crippen molar-refractivity contribution in [2.24, 2.45) is 0 Å². The summed E-state index contributed by atoms with van der Waals surface area (Å²) in [5, 5.41) is 8.61. The summed E-state index contributed by atoms with van der Waals surface area (Å²) in [7, 11) is -3.44. The second kappa shape index (κ2) is 6.69. The predicted octanol–water partition coefficient (Wildman–Crippen LogP) is 2.94. The lowest BCUT2D eigenvalue weighted by molar-refractivity contribution is 0.291. The van der Waals surface area contributed by atoms with Crippen LogP contribution in [0.15, 0.2) is 54.6 Å². The summed E-state index contributed by atoms with van der Waals surface area (Å²) in [4.78, 5) is 0. The van der Waals surface area contributed by atoms with E-state index >= 15 is 0 Å². The highest BCUT2D eigenvalue weighted by Crippen LogP contribution is 2.26. The van der Waals surface area contributed by atoms with Gasteiger partial charge in [0.2, 0.25) is 0 Å². The molecule has 0 radical (unpaired) electrons. The monoisotopic (exact) mass is 402 g/mol. The van der Waals surface area contributed by atoms with Crippen LogP contribution < -0.4 is 0 Å². The highest BCUT2D eigenvalue weighted by Gasteiger charge is 2.26. The van der Waals surface area contributed by atoms with Gasteiger partial charge in [0.1, 0.15) is 5.25 Å². The normalized spacial score (nSPS) is 13.1. The molecule has 1 N–H and O–H groups in total. The van der Waals surface area contributed by atoms with Gasteiger partial charge in [0, 0.05) is 3.57 Å². The van der Waals surface area contributed by atoms with Crippen molar-refractivity contribution in [3.05, 3.63) is 69.3 Å². The number of halogens is 1. The maximum absolute atomic E-state index is 12.5. The predicted molar refractivity (Wildman–Crippen MR) is 88.1 cm³/mol. The molecule has 0 heterocycles. The maximum atomic E-state index is 12.5. The minimum Gasteiger partial charge on any atom is -0.395 e. The summed E-state index contributed by atoms with van der Waals surface area (Å²) < 4.78 is 25.9. The van der Waals surface area contributed by atoms with Gasteiger partial charge < -0.3 is 5.11 Å². The molecule has 0 aliphatic rings. The van der Waals surface area contributed by atoms with Crippen LogP contribution in [0.2, 0.25) is 0 Å². The van der Waals surface area contributed by atoms with E-state index < -0.39 is 21.7 Å². The Morgan fingerprint density at radius 1 is 1.00 bits per heavy atom. The molecule has 0 aromatic heterocycles. The van der Waals surface area contributed by atoms with Gasteiger partial charge >= 0.3 is 0 Å². The Hall–Kier alpha value is -0.920. The Morgan fingerprint density at radius 2 is 1.60 bits per heavy atom. The SMILES string of the molecule is O=S(=O)(Cc1ccccc1)C(CO)c1ccc(I)cc1. The van der Waals surface area contributed by atoms with Gasteiger partial charge in [0.15, 0.2) is 9.84 Å². The van der Waals surface area contributed by atoms with Gasteiger partial charge in [-0.1, -0.05) is 42.5 Å². The van der Waals surface area contributed by atoms with Crippen molar-refractivity contribution in [2.45, 2.75) is 11.0 Å². The standard InChI is InChI=1S/C15H15IO3S/c16-14-8-6-13(7-9-14)15(10-17)20(18,19)11-12-4-2-1-3-5-12/h1-9,15,17H,10-11H2. The van der Waals surface area contributed by atoms with Gasteiger partial charge in [-0.3, -0.25) is 0 Å². The highest BCUT2D eigenvalue weighted by atomic mass is 127. The Kier molecular flexibility index (Phi) is 5.17. The maximum Gasteiger partial charge on any atom is 0.163 e. The van der Waals surface area contributed by atoms with E-state index in [0.717, 1.165) is 9.13 Å². The Balaban J connectivity index is 2.28. The molecule has 2 aromatic rings. The third kappa shape index (κ3) is 3.80. The van der Waals surface area contributed by atoms with Crippen molar-refractivity contribution in [1.29, 1.82) is 0 Å². The van der Waals surface area contributed by atoms with Crippen LogP contribution >= 0.6 is 22.6 Å². The van der Waals surface area contributed by atoms with Crippen LogP contribution in [-0.4, -0.2) is 20.1 Å². The summed E-state index contributed by atoms with van der Waals surface area (Å²) in [6.07, 6.45) is 0. The molecule has 0 bridgehead atoms. The van der Waals surface area contributed by atoms with Gasteiger partial charge in [0.05, 0.1) is 12.4 Å². The van der Waals surface area contributed by atoms with Crippen LogP contribution in [0.25, 0.3) is 0 Å². The van der Waals surface area contributed by atoms with Crippen LogP contribution in [0.3, 0.4) is 0 Å². The van der Waals surface area contributed by atoms with E-state index in [0.29, 0.717) is 5.56 Å². The van der Waals surface area contributed by atoms with Gasteiger partial charge in [-0.2, -0.15) is 0 Å². The molecule has 0 aliphatic carbocycles. The van der Waals surface area contributed by atoms with E-state index in [1.807, 2.05) is 30.3 Å². The van der Waals surface area contributed by atoms with E-state index in [-0.39, 0.29) is 5.75 Å². The summed E-state index contributed by atoms with van der Waals surface area (Å²) in [6, 6.07) is 16.2. The molecular weight excluding hydrogens is 387 g/mol. The molecule has 2 aromatic carbocycles. The van der Waals surface area contributed by atoms with E-state index in [1.165, 1.54) is 0 Å². The lowest BCUT2D eigenvalue weighted by Gasteiger charge is -2.16. The Labute approximate surface area is 132 Å². The summed E-state index contributed by atoms with van der Waals surface area (Å²) >= 11 is 2.16. The smallest absolute Gasteiger partial charge is 0.163 e. The fourth-order valence-corrected chi connectivity index (χ4v) is 4.03. The summed E-state index contributed by atoms with van der Waals surface area (Å²) in [5.41, 5.74) is 1.36. The molecule has 0 aliphatic heterocycles. The molecule has 0 saturated heterocycles. The molecule has 1 atom stereocenters. The van der Waals surface area contributed by atoms with Crippen LogP contribution in [0.4, 0.5) is 0 Å². The number of hydrogen-bond donors (Lipinski definition) is 1. The number of hydrogen-bond acceptors (Lipinski definition) is 3. The first-order chi connectivity index (χ1) is 9.53. The van der Waals surface area contributed by atoms with Gasteiger partial charge in [-0.05, 0) is 45.9 Å². The van der Waals surface area contributed by atoms with Crippen LogP contribution in [-0.2, 0) is 15.6 Å². The zero-order chi connectivity index (χ0) is 14.6. The fourth-order valence-electron chi connectivity index (χ4n) is 2.01. The molecule has 0 amide bonds. The largest absolute Gasteiger partial charge is 0.395 e. The van der Waals surface area contributed by atoms with E-state index in [9.17, 15) is 13.5 Å². The van der Waals surface area contributed by atoms with Gasteiger partial charge in [0.25, 0.3) is 0 Å². The third-order valence-electron chi connectivity index (χ3n) is 3.05. The number of aliphatic hydroxyl groups is 1. The highest BCUT2D eigenvalue weighted by molar-refractivity contribution is 14.1. The van der Waals surface area contributed by atoms with Crippen molar-refractivity contribution in [3.63, 3.8) is 0 Å². The van der Waals surface area contributed by atoms with Crippen molar-refractivity contribution in [2.75, 3.05) is 6.61 Å². The molecule has 20 heavy (non-hydrogen) atoms. The average Bonchev–Trinajstić information content (AvgIpc) is 2.42. The molecule has 0 spiro atoms.